The summed E-state index contributed by atoms with van der Waals surface area (Å²) in [4.78, 5) is 10.3. The lowest BCUT2D eigenvalue weighted by Gasteiger charge is -2.23. The van der Waals surface area contributed by atoms with E-state index in [1.54, 1.807) is 12.1 Å². The summed E-state index contributed by atoms with van der Waals surface area (Å²) >= 11 is 0. The van der Waals surface area contributed by atoms with Crippen molar-refractivity contribution in [2.24, 2.45) is 5.73 Å². The summed E-state index contributed by atoms with van der Waals surface area (Å²) < 4.78 is 5.34. The molecule has 1 heterocycles. The van der Waals surface area contributed by atoms with Crippen molar-refractivity contribution in [1.82, 2.24) is 0 Å². The molecule has 0 saturated heterocycles. The second kappa shape index (κ2) is 4.37. The van der Waals surface area contributed by atoms with Gasteiger partial charge in [0.2, 0.25) is 12.4 Å². The first kappa shape index (κ1) is 11.9. The van der Waals surface area contributed by atoms with E-state index in [1.165, 1.54) is 0 Å². The molecule has 0 unspecified atom stereocenters. The normalized spacial score (nSPS) is 17.7. The van der Waals surface area contributed by atoms with Crippen LogP contribution in [0.15, 0.2) is 29.7 Å². The minimum absolute atomic E-state index is 0.0533. The molecule has 0 amide bonds. The summed E-state index contributed by atoms with van der Waals surface area (Å²) in [5.74, 6) is -0.213. The van der Waals surface area contributed by atoms with Crippen LogP contribution in [0.5, 0.6) is 5.75 Å². The van der Waals surface area contributed by atoms with Crippen LogP contribution in [-0.4, -0.2) is 11.5 Å². The smallest absolute Gasteiger partial charge is 0.215 e. The van der Waals surface area contributed by atoms with E-state index >= 15 is 0 Å². The molecule has 0 radical (unpaired) electrons. The fourth-order valence-electron chi connectivity index (χ4n) is 1.99. The van der Waals surface area contributed by atoms with Gasteiger partial charge >= 0.3 is 0 Å². The Morgan fingerprint density at radius 2 is 2.33 bits per heavy atom. The van der Waals surface area contributed by atoms with E-state index in [1.807, 2.05) is 19.1 Å². The Morgan fingerprint density at radius 3 is 2.94 bits per heavy atom. The molecule has 0 aromatic heterocycles. The van der Waals surface area contributed by atoms with Crippen molar-refractivity contribution in [3.8, 4) is 11.8 Å². The van der Waals surface area contributed by atoms with E-state index in [4.69, 9.17) is 15.7 Å². The van der Waals surface area contributed by atoms with E-state index in [2.05, 4.69) is 0 Å². The highest BCUT2D eigenvalue weighted by atomic mass is 16.6. The molecular weight excluding hydrogens is 234 g/mol. The number of ether oxygens (including phenoxy) is 1. The predicted octanol–water partition coefficient (Wildman–Crippen LogP) is 1.44. The highest BCUT2D eigenvalue weighted by Gasteiger charge is 2.32. The van der Waals surface area contributed by atoms with Crippen LogP contribution >= 0.6 is 0 Å². The van der Waals surface area contributed by atoms with E-state index in [9.17, 15) is 10.1 Å². The van der Waals surface area contributed by atoms with Gasteiger partial charge in [0.05, 0.1) is 5.92 Å². The van der Waals surface area contributed by atoms with Crippen LogP contribution in [-0.2, 0) is 0 Å². The van der Waals surface area contributed by atoms with Crippen molar-refractivity contribution in [2.75, 3.05) is 6.54 Å². The lowest BCUT2D eigenvalue weighted by Crippen LogP contribution is -2.24. The molecule has 0 fully saturated rings. The zero-order chi connectivity index (χ0) is 13.3. The fraction of sp³-hybridized carbons (Fsp3) is 0.250. The van der Waals surface area contributed by atoms with Gasteiger partial charge in [-0.1, -0.05) is 12.1 Å². The molecule has 2 rings (SSSR count). The van der Waals surface area contributed by atoms with Crippen LogP contribution in [0.25, 0.3) is 0 Å². The van der Waals surface area contributed by atoms with Gasteiger partial charge in [0.15, 0.2) is 0 Å². The molecule has 0 spiro atoms. The average molecular weight is 245 g/mol. The monoisotopic (exact) mass is 245 g/mol. The number of hydrogen-bond donors (Lipinski definition) is 1. The first-order valence-corrected chi connectivity index (χ1v) is 5.33. The minimum atomic E-state index is -0.644. The highest BCUT2D eigenvalue weighted by molar-refractivity contribution is 5.50. The van der Waals surface area contributed by atoms with Crippen molar-refractivity contribution < 1.29 is 9.66 Å². The predicted molar refractivity (Wildman–Crippen MR) is 63.2 cm³/mol. The van der Waals surface area contributed by atoms with Crippen molar-refractivity contribution >= 4 is 0 Å². The number of nitrogens with two attached hydrogens (primary N) is 1. The molecule has 18 heavy (non-hydrogen) atoms. The van der Waals surface area contributed by atoms with Crippen LogP contribution in [0.2, 0.25) is 0 Å². The van der Waals surface area contributed by atoms with Gasteiger partial charge in [-0.05, 0) is 18.6 Å². The van der Waals surface area contributed by atoms with Gasteiger partial charge in [0, 0.05) is 10.5 Å². The molecule has 1 aromatic rings. The summed E-state index contributed by atoms with van der Waals surface area (Å²) in [7, 11) is 0. The lowest BCUT2D eigenvalue weighted by atomic mass is 9.89. The molecule has 92 valence electrons. The number of hydrogen-bond acceptors (Lipinski definition) is 5. The van der Waals surface area contributed by atoms with Crippen LogP contribution < -0.4 is 10.5 Å². The molecule has 0 aliphatic carbocycles. The zero-order valence-corrected chi connectivity index (χ0v) is 9.71. The Kier molecular flexibility index (Phi) is 2.90. The third-order valence-corrected chi connectivity index (χ3v) is 2.83. The van der Waals surface area contributed by atoms with E-state index < -0.39 is 10.8 Å². The first-order chi connectivity index (χ1) is 8.52. The number of benzene rings is 1. The SMILES string of the molecule is Cc1ccc2c(c1)OC(N)=C(C#N)[C@@H]2C[N+](=O)[O-]. The van der Waals surface area contributed by atoms with Crippen molar-refractivity contribution in [1.29, 1.82) is 5.26 Å². The maximum Gasteiger partial charge on any atom is 0.215 e. The molecule has 0 bridgehead atoms. The number of nitrogens with zero attached hydrogens (tertiary/aromatic N) is 2. The Morgan fingerprint density at radius 1 is 1.61 bits per heavy atom. The Labute approximate surface area is 103 Å². The summed E-state index contributed by atoms with van der Waals surface area (Å²) in [5, 5.41) is 19.7. The number of nitro groups is 1. The number of aryl methyl sites for hydroxylation is 1. The second-order valence-electron chi connectivity index (χ2n) is 4.10. The first-order valence-electron chi connectivity index (χ1n) is 5.33. The minimum Gasteiger partial charge on any atom is -0.440 e. The van der Waals surface area contributed by atoms with Gasteiger partial charge < -0.3 is 10.5 Å². The Bertz CT molecular complexity index is 587. The molecule has 1 aliphatic heterocycles. The largest absolute Gasteiger partial charge is 0.440 e. The topological polar surface area (TPSA) is 102 Å². The summed E-state index contributed by atoms with van der Waals surface area (Å²) in [6, 6.07) is 7.21. The Hall–Kier alpha value is -2.55. The average Bonchev–Trinajstić information content (AvgIpc) is 2.27. The van der Waals surface area contributed by atoms with Crippen molar-refractivity contribution in [3.05, 3.63) is 50.9 Å². The third-order valence-electron chi connectivity index (χ3n) is 2.83. The Balaban J connectivity index is 2.54. The molecule has 0 saturated carbocycles. The summed E-state index contributed by atoms with van der Waals surface area (Å²) in [6.45, 7) is 1.51. The van der Waals surface area contributed by atoms with Gasteiger partial charge in [-0.2, -0.15) is 5.26 Å². The second-order valence-corrected chi connectivity index (χ2v) is 4.10. The lowest BCUT2D eigenvalue weighted by molar-refractivity contribution is -0.482. The highest BCUT2D eigenvalue weighted by Crippen LogP contribution is 2.38. The van der Waals surface area contributed by atoms with Gasteiger partial charge in [0.25, 0.3) is 0 Å². The van der Waals surface area contributed by atoms with Gasteiger partial charge in [0.1, 0.15) is 17.4 Å². The number of rotatable bonds is 2. The van der Waals surface area contributed by atoms with Crippen LogP contribution in [0.4, 0.5) is 0 Å². The molecule has 6 heteroatoms. The van der Waals surface area contributed by atoms with E-state index in [0.717, 1.165) is 5.56 Å². The maximum absolute atomic E-state index is 10.7. The van der Waals surface area contributed by atoms with Gasteiger partial charge in [-0.25, -0.2) is 0 Å². The van der Waals surface area contributed by atoms with Crippen molar-refractivity contribution in [2.45, 2.75) is 12.8 Å². The van der Waals surface area contributed by atoms with Crippen molar-refractivity contribution in [3.63, 3.8) is 0 Å². The third kappa shape index (κ3) is 1.98. The molecule has 1 aliphatic rings. The van der Waals surface area contributed by atoms with Crippen LogP contribution in [0, 0.1) is 28.4 Å². The zero-order valence-electron chi connectivity index (χ0n) is 9.71. The van der Waals surface area contributed by atoms with Crippen LogP contribution in [0.1, 0.15) is 17.0 Å². The molecule has 6 nitrogen and oxygen atoms in total. The summed E-state index contributed by atoms with van der Waals surface area (Å²) in [6.07, 6.45) is 0. The van der Waals surface area contributed by atoms with Gasteiger partial charge in [-0.3, -0.25) is 10.1 Å². The molecule has 2 N–H and O–H groups in total. The molecule has 1 atom stereocenters. The van der Waals surface area contributed by atoms with Gasteiger partial charge in [-0.15, -0.1) is 0 Å². The fourth-order valence-corrected chi connectivity index (χ4v) is 1.99. The molecule has 1 aromatic carbocycles. The number of fused-ring (bicyclic) bond motifs is 1. The number of nitriles is 1. The summed E-state index contributed by atoms with van der Waals surface area (Å²) in [5.41, 5.74) is 7.33. The maximum atomic E-state index is 10.7. The quantitative estimate of drug-likeness (QED) is 0.627. The van der Waals surface area contributed by atoms with E-state index in [0.29, 0.717) is 11.3 Å². The standard InChI is InChI=1S/C12H11N3O3/c1-7-2-3-8-10(6-15(16)17)9(5-13)12(14)18-11(8)4-7/h2-4,10H,6,14H2,1H3/t10-/m1/s1. The molecular formula is C12H11N3O3. The van der Waals surface area contributed by atoms with E-state index in [-0.39, 0.29) is 18.0 Å². The van der Waals surface area contributed by atoms with Crippen LogP contribution in [0.3, 0.4) is 0 Å².